The molecule has 1 amide bonds. The van der Waals surface area contributed by atoms with Gasteiger partial charge in [0.15, 0.2) is 5.76 Å². The third-order valence-electron chi connectivity index (χ3n) is 3.50. The van der Waals surface area contributed by atoms with Gasteiger partial charge in [0.25, 0.3) is 5.91 Å². The molecule has 3 rings (SSSR count). The average molecular weight is 363 g/mol. The fourth-order valence-corrected chi connectivity index (χ4v) is 2.35. The summed E-state index contributed by atoms with van der Waals surface area (Å²) >= 11 is 5.88. The molecular formula is C16H17ClN5O3+. The van der Waals surface area contributed by atoms with E-state index in [2.05, 4.69) is 20.3 Å². The van der Waals surface area contributed by atoms with Crippen LogP contribution in [0.5, 0.6) is 0 Å². The zero-order chi connectivity index (χ0) is 17.6. The first-order valence-corrected chi connectivity index (χ1v) is 8.04. The van der Waals surface area contributed by atoms with Crippen molar-refractivity contribution < 1.29 is 19.2 Å². The van der Waals surface area contributed by atoms with Crippen molar-refractivity contribution in [3.63, 3.8) is 0 Å². The number of carbonyl (C=O) groups excluding carboxylic acids is 1. The third kappa shape index (κ3) is 4.37. The number of aromatic nitrogens is 2. The molecule has 0 bridgehead atoms. The summed E-state index contributed by atoms with van der Waals surface area (Å²) in [6, 6.07) is 11.3. The quantitative estimate of drug-likeness (QED) is 0.540. The molecule has 2 aromatic heterocycles. The number of carbonyl (C=O) groups is 1. The molecule has 8 nitrogen and oxygen atoms in total. The number of hydrogen-bond donors (Lipinski definition) is 3. The Bertz CT molecular complexity index is 844. The van der Waals surface area contributed by atoms with Crippen molar-refractivity contribution in [3.8, 4) is 11.3 Å². The zero-order valence-electron chi connectivity index (χ0n) is 13.2. The summed E-state index contributed by atoms with van der Waals surface area (Å²) < 4.78 is 10.2. The molecule has 0 radical (unpaired) electrons. The van der Waals surface area contributed by atoms with E-state index in [9.17, 15) is 4.79 Å². The molecule has 0 aliphatic carbocycles. The second-order valence-corrected chi connectivity index (χ2v) is 5.74. The van der Waals surface area contributed by atoms with E-state index in [0.717, 1.165) is 17.1 Å². The van der Waals surface area contributed by atoms with Crippen LogP contribution in [-0.4, -0.2) is 29.3 Å². The van der Waals surface area contributed by atoms with Gasteiger partial charge in [0.2, 0.25) is 11.5 Å². The van der Waals surface area contributed by atoms with Crippen LogP contribution < -0.4 is 16.4 Å². The van der Waals surface area contributed by atoms with E-state index in [-0.39, 0.29) is 11.5 Å². The molecule has 3 aromatic rings. The van der Waals surface area contributed by atoms with Crippen molar-refractivity contribution >= 4 is 23.3 Å². The normalized spacial score (nSPS) is 10.8. The maximum atomic E-state index is 11.7. The molecule has 0 spiro atoms. The lowest BCUT2D eigenvalue weighted by Crippen LogP contribution is -2.84. The smallest absolute Gasteiger partial charge is 0.277 e. The Kier molecular flexibility index (Phi) is 5.32. The second-order valence-electron chi connectivity index (χ2n) is 5.31. The lowest BCUT2D eigenvalue weighted by Gasteiger charge is -2.02. The summed E-state index contributed by atoms with van der Waals surface area (Å²) in [6.07, 6.45) is 0. The molecule has 0 saturated carbocycles. The number of nitrogens with zero attached hydrogens (tertiary/aromatic N) is 2. The fourth-order valence-electron chi connectivity index (χ4n) is 2.23. The number of hydrogen-bond acceptors (Lipinski definition) is 6. The van der Waals surface area contributed by atoms with Crippen molar-refractivity contribution in [2.24, 2.45) is 0 Å². The molecule has 0 unspecified atom stereocenters. The van der Waals surface area contributed by atoms with Crippen molar-refractivity contribution in [3.05, 3.63) is 52.9 Å². The molecular weight excluding hydrogens is 346 g/mol. The van der Waals surface area contributed by atoms with Crippen LogP contribution in [0.4, 0.5) is 5.82 Å². The Morgan fingerprint density at radius 1 is 1.20 bits per heavy atom. The van der Waals surface area contributed by atoms with Crippen LogP contribution in [0, 0.1) is 0 Å². The highest BCUT2D eigenvalue weighted by Crippen LogP contribution is 2.23. The Hall–Kier alpha value is -2.84. The van der Waals surface area contributed by atoms with Crippen LogP contribution in [0.15, 0.2) is 45.4 Å². The summed E-state index contributed by atoms with van der Waals surface area (Å²) in [4.78, 5) is 11.7. The Labute approximate surface area is 148 Å². The first-order chi connectivity index (χ1) is 12.1. The monoisotopic (exact) mass is 362 g/mol. The summed E-state index contributed by atoms with van der Waals surface area (Å²) in [5.41, 5.74) is 6.42. The minimum atomic E-state index is -0.407. The summed E-state index contributed by atoms with van der Waals surface area (Å²) in [5.74, 6) is 1.21. The average Bonchev–Trinajstić information content (AvgIpc) is 3.24. The number of halogens is 1. The molecule has 25 heavy (non-hydrogen) atoms. The molecule has 130 valence electrons. The van der Waals surface area contributed by atoms with Crippen LogP contribution in [0.25, 0.3) is 11.3 Å². The number of rotatable bonds is 7. The molecule has 1 aromatic carbocycles. The fraction of sp³-hybridized carbons (Fsp3) is 0.188. The number of nitrogens with one attached hydrogen (secondary N) is 1. The minimum Gasteiger partial charge on any atom is -0.455 e. The zero-order valence-corrected chi connectivity index (χ0v) is 14.0. The largest absolute Gasteiger partial charge is 0.455 e. The second kappa shape index (κ2) is 7.82. The van der Waals surface area contributed by atoms with Gasteiger partial charge in [-0.2, -0.15) is 0 Å². The maximum absolute atomic E-state index is 11.7. The molecule has 0 atom stereocenters. The third-order valence-corrected chi connectivity index (χ3v) is 3.75. The van der Waals surface area contributed by atoms with Gasteiger partial charge in [-0.1, -0.05) is 11.6 Å². The van der Waals surface area contributed by atoms with E-state index >= 15 is 0 Å². The van der Waals surface area contributed by atoms with Crippen LogP contribution >= 0.6 is 11.6 Å². The van der Waals surface area contributed by atoms with Crippen LogP contribution in [0.3, 0.4) is 0 Å². The van der Waals surface area contributed by atoms with Gasteiger partial charge in [0, 0.05) is 10.6 Å². The van der Waals surface area contributed by atoms with Crippen LogP contribution in [0.1, 0.15) is 16.2 Å². The molecule has 2 heterocycles. The predicted octanol–water partition coefficient (Wildman–Crippen LogP) is 1.06. The van der Waals surface area contributed by atoms with Gasteiger partial charge in [-0.05, 0) is 46.7 Å². The van der Waals surface area contributed by atoms with Gasteiger partial charge >= 0.3 is 0 Å². The van der Waals surface area contributed by atoms with Crippen LogP contribution in [-0.2, 0) is 6.54 Å². The van der Waals surface area contributed by atoms with Crippen molar-refractivity contribution in [2.75, 3.05) is 18.8 Å². The van der Waals surface area contributed by atoms with E-state index in [0.29, 0.717) is 24.7 Å². The molecule has 0 aliphatic heterocycles. The number of nitrogens with two attached hydrogens (primary N) is 2. The van der Waals surface area contributed by atoms with Crippen molar-refractivity contribution in [1.82, 2.24) is 15.6 Å². The number of amides is 1. The molecule has 0 aliphatic rings. The van der Waals surface area contributed by atoms with E-state index in [4.69, 9.17) is 21.8 Å². The summed E-state index contributed by atoms with van der Waals surface area (Å²) in [7, 11) is 0. The highest BCUT2D eigenvalue weighted by Gasteiger charge is 2.15. The number of quaternary nitrogens is 1. The lowest BCUT2D eigenvalue weighted by molar-refractivity contribution is -0.670. The highest BCUT2D eigenvalue weighted by atomic mass is 35.5. The number of nitrogen functional groups attached to an aromatic ring is 1. The predicted molar refractivity (Wildman–Crippen MR) is 90.7 cm³/mol. The summed E-state index contributed by atoms with van der Waals surface area (Å²) in [5, 5.41) is 12.2. The van der Waals surface area contributed by atoms with E-state index in [1.54, 1.807) is 0 Å². The molecule has 0 fully saturated rings. The minimum absolute atomic E-state index is 0.00126. The number of anilines is 1. The highest BCUT2D eigenvalue weighted by molar-refractivity contribution is 6.30. The van der Waals surface area contributed by atoms with Crippen LogP contribution in [0.2, 0.25) is 5.02 Å². The molecule has 0 saturated heterocycles. The van der Waals surface area contributed by atoms with Crippen molar-refractivity contribution in [1.29, 1.82) is 0 Å². The maximum Gasteiger partial charge on any atom is 0.277 e. The van der Waals surface area contributed by atoms with Gasteiger partial charge in [-0.3, -0.25) is 4.79 Å². The standard InChI is InChI=1S/C16H16ClN5O3/c17-11-3-1-10(2-4-11)13-6-5-12(24-13)9-19-7-8-20-16(23)14-15(18)22-25-21-14/h1-6,19H,7-9H2,(H2,18,22)(H,20,23)/p+1. The van der Waals surface area contributed by atoms with Gasteiger partial charge in [-0.15, -0.1) is 0 Å². The lowest BCUT2D eigenvalue weighted by atomic mass is 10.2. The topological polar surface area (TPSA) is 124 Å². The number of furan rings is 1. The first kappa shape index (κ1) is 17.0. The Balaban J connectivity index is 1.42. The Morgan fingerprint density at radius 3 is 2.72 bits per heavy atom. The molecule has 9 heteroatoms. The first-order valence-electron chi connectivity index (χ1n) is 7.66. The van der Waals surface area contributed by atoms with Gasteiger partial charge in [-0.25, -0.2) is 4.63 Å². The van der Waals surface area contributed by atoms with E-state index in [1.807, 2.05) is 41.7 Å². The van der Waals surface area contributed by atoms with Gasteiger partial charge in [0.05, 0.1) is 13.1 Å². The Morgan fingerprint density at radius 2 is 2.00 bits per heavy atom. The van der Waals surface area contributed by atoms with Gasteiger partial charge < -0.3 is 20.8 Å². The molecule has 5 N–H and O–H groups in total. The van der Waals surface area contributed by atoms with Gasteiger partial charge in [0.1, 0.15) is 12.3 Å². The van der Waals surface area contributed by atoms with E-state index < -0.39 is 5.91 Å². The van der Waals surface area contributed by atoms with Crippen molar-refractivity contribution in [2.45, 2.75) is 6.54 Å². The summed E-state index contributed by atoms with van der Waals surface area (Å²) in [6.45, 7) is 1.79. The van der Waals surface area contributed by atoms with E-state index in [1.165, 1.54) is 0 Å². The number of benzene rings is 1. The SMILES string of the molecule is Nc1nonc1C(=O)NCC[NH2+]Cc1ccc(-c2ccc(Cl)cc2)o1.